The molecular weight excluding hydrogens is 188 g/mol. The number of piperidine rings is 1. The van der Waals surface area contributed by atoms with E-state index in [-0.39, 0.29) is 12.0 Å². The van der Waals surface area contributed by atoms with Gasteiger partial charge in [0.2, 0.25) is 5.91 Å². The van der Waals surface area contributed by atoms with Crippen molar-refractivity contribution < 1.29 is 4.79 Å². The van der Waals surface area contributed by atoms with E-state index >= 15 is 0 Å². The van der Waals surface area contributed by atoms with Gasteiger partial charge in [0.05, 0.1) is 0 Å². The Hall–Kier alpha value is -0.570. The molecule has 2 N–H and O–H groups in total. The molecular formula is C12H22N2O. The van der Waals surface area contributed by atoms with Crippen LogP contribution in [0, 0.1) is 5.92 Å². The molecule has 3 nitrogen and oxygen atoms in total. The first-order valence-corrected chi connectivity index (χ1v) is 6.32. The highest BCUT2D eigenvalue weighted by Crippen LogP contribution is 2.26. The predicted molar refractivity (Wildman–Crippen MR) is 60.4 cm³/mol. The molecule has 2 fully saturated rings. The van der Waals surface area contributed by atoms with Crippen LogP contribution >= 0.6 is 0 Å². The highest BCUT2D eigenvalue weighted by Gasteiger charge is 2.29. The Morgan fingerprint density at radius 1 is 1.07 bits per heavy atom. The maximum Gasteiger partial charge on any atom is 0.225 e. The van der Waals surface area contributed by atoms with E-state index in [4.69, 9.17) is 5.73 Å². The number of hydrogen-bond donors (Lipinski definition) is 1. The molecule has 15 heavy (non-hydrogen) atoms. The van der Waals surface area contributed by atoms with Gasteiger partial charge in [-0.25, -0.2) is 0 Å². The van der Waals surface area contributed by atoms with Crippen molar-refractivity contribution in [3.63, 3.8) is 0 Å². The fraction of sp³-hybridized carbons (Fsp3) is 0.917. The van der Waals surface area contributed by atoms with E-state index in [1.165, 1.54) is 19.3 Å². The molecule has 0 radical (unpaired) electrons. The Labute approximate surface area is 92.0 Å². The van der Waals surface area contributed by atoms with Crippen molar-refractivity contribution in [3.05, 3.63) is 0 Å². The maximum atomic E-state index is 12.2. The first kappa shape index (κ1) is 10.9. The van der Waals surface area contributed by atoms with Crippen LogP contribution < -0.4 is 5.73 Å². The summed E-state index contributed by atoms with van der Waals surface area (Å²) in [7, 11) is 0. The molecule has 1 aliphatic carbocycles. The van der Waals surface area contributed by atoms with E-state index in [0.29, 0.717) is 5.91 Å². The van der Waals surface area contributed by atoms with Gasteiger partial charge in [0.25, 0.3) is 0 Å². The van der Waals surface area contributed by atoms with Crippen LogP contribution in [0.15, 0.2) is 0 Å². The number of amides is 1. The largest absolute Gasteiger partial charge is 0.342 e. The highest BCUT2D eigenvalue weighted by molar-refractivity contribution is 5.79. The third kappa shape index (κ3) is 2.71. The van der Waals surface area contributed by atoms with E-state index < -0.39 is 0 Å². The number of rotatable bonds is 1. The molecule has 1 aliphatic heterocycles. The Bertz CT molecular complexity index is 224. The van der Waals surface area contributed by atoms with Gasteiger partial charge in [0.1, 0.15) is 0 Å². The molecule has 0 bridgehead atoms. The van der Waals surface area contributed by atoms with Gasteiger partial charge in [0, 0.05) is 25.0 Å². The van der Waals surface area contributed by atoms with E-state index in [1.54, 1.807) is 0 Å². The highest BCUT2D eigenvalue weighted by atomic mass is 16.2. The van der Waals surface area contributed by atoms with Crippen molar-refractivity contribution in [2.45, 2.75) is 51.0 Å². The smallest absolute Gasteiger partial charge is 0.225 e. The van der Waals surface area contributed by atoms with Crippen molar-refractivity contribution >= 4 is 5.91 Å². The number of carbonyl (C=O) groups excluding carboxylic acids is 1. The fourth-order valence-corrected chi connectivity index (χ4v) is 2.82. The van der Waals surface area contributed by atoms with Gasteiger partial charge in [-0.3, -0.25) is 4.79 Å². The third-order valence-corrected chi connectivity index (χ3v) is 3.73. The minimum atomic E-state index is 0.229. The van der Waals surface area contributed by atoms with Gasteiger partial charge < -0.3 is 10.6 Å². The van der Waals surface area contributed by atoms with E-state index in [2.05, 4.69) is 4.90 Å². The van der Waals surface area contributed by atoms with Gasteiger partial charge >= 0.3 is 0 Å². The molecule has 0 aromatic rings. The quantitative estimate of drug-likeness (QED) is 0.713. The fourth-order valence-electron chi connectivity index (χ4n) is 2.82. The van der Waals surface area contributed by atoms with Crippen molar-refractivity contribution in [1.82, 2.24) is 4.90 Å². The summed E-state index contributed by atoms with van der Waals surface area (Å²) >= 11 is 0. The first-order valence-electron chi connectivity index (χ1n) is 6.32. The van der Waals surface area contributed by atoms with Gasteiger partial charge in [0.15, 0.2) is 0 Å². The van der Waals surface area contributed by atoms with Gasteiger partial charge in [-0.2, -0.15) is 0 Å². The lowest BCUT2D eigenvalue weighted by molar-refractivity contribution is -0.137. The average molecular weight is 210 g/mol. The number of carbonyl (C=O) groups is 1. The van der Waals surface area contributed by atoms with Crippen molar-refractivity contribution in [2.75, 3.05) is 13.1 Å². The molecule has 2 rings (SSSR count). The molecule has 0 aromatic heterocycles. The van der Waals surface area contributed by atoms with Gasteiger partial charge in [-0.05, 0) is 38.5 Å². The molecule has 1 amide bonds. The summed E-state index contributed by atoms with van der Waals surface area (Å²) in [6, 6.07) is 0.262. The summed E-state index contributed by atoms with van der Waals surface area (Å²) in [5, 5.41) is 0. The zero-order chi connectivity index (χ0) is 10.7. The standard InChI is InChI=1S/C12H22N2O/c13-11-6-4-5-10(9-11)12(15)14-7-2-1-3-8-14/h10-11H,1-9,13H2. The summed E-state index contributed by atoms with van der Waals surface area (Å²) in [5.41, 5.74) is 5.92. The van der Waals surface area contributed by atoms with Crippen molar-refractivity contribution in [2.24, 2.45) is 11.7 Å². The van der Waals surface area contributed by atoms with Crippen molar-refractivity contribution in [3.8, 4) is 0 Å². The van der Waals surface area contributed by atoms with E-state index in [9.17, 15) is 4.79 Å². The lowest BCUT2D eigenvalue weighted by Crippen LogP contribution is -2.42. The van der Waals surface area contributed by atoms with Crippen LogP contribution in [-0.2, 0) is 4.79 Å². The summed E-state index contributed by atoms with van der Waals surface area (Å²) < 4.78 is 0. The second-order valence-electron chi connectivity index (χ2n) is 5.01. The molecule has 1 heterocycles. The second kappa shape index (κ2) is 4.97. The predicted octanol–water partition coefficient (Wildman–Crippen LogP) is 1.52. The minimum absolute atomic E-state index is 0.229. The number of nitrogens with zero attached hydrogens (tertiary/aromatic N) is 1. The van der Waals surface area contributed by atoms with Gasteiger partial charge in [-0.15, -0.1) is 0 Å². The summed E-state index contributed by atoms with van der Waals surface area (Å²) in [6.07, 6.45) is 7.86. The SMILES string of the molecule is NC1CCCC(C(=O)N2CCCCC2)C1. The molecule has 0 aromatic carbocycles. The normalized spacial score (nSPS) is 32.7. The summed E-state index contributed by atoms with van der Waals surface area (Å²) in [5.74, 6) is 0.608. The van der Waals surface area contributed by atoms with Crippen LogP contribution in [0.2, 0.25) is 0 Å². The second-order valence-corrected chi connectivity index (χ2v) is 5.01. The molecule has 2 aliphatic rings. The Morgan fingerprint density at radius 2 is 1.80 bits per heavy atom. The summed E-state index contributed by atoms with van der Waals surface area (Å²) in [4.78, 5) is 14.2. The van der Waals surface area contributed by atoms with Crippen LogP contribution in [-0.4, -0.2) is 29.9 Å². The first-order chi connectivity index (χ1) is 7.27. The summed E-state index contributed by atoms with van der Waals surface area (Å²) in [6.45, 7) is 1.95. The third-order valence-electron chi connectivity index (χ3n) is 3.73. The Balaban J connectivity index is 1.88. The number of likely N-dealkylation sites (tertiary alicyclic amines) is 1. The molecule has 86 valence electrons. The lowest BCUT2D eigenvalue weighted by atomic mass is 9.85. The molecule has 0 spiro atoms. The number of nitrogens with two attached hydrogens (primary N) is 1. The topological polar surface area (TPSA) is 46.3 Å². The van der Waals surface area contributed by atoms with Gasteiger partial charge in [-0.1, -0.05) is 6.42 Å². The zero-order valence-corrected chi connectivity index (χ0v) is 9.45. The van der Waals surface area contributed by atoms with Crippen LogP contribution in [0.4, 0.5) is 0 Å². The Morgan fingerprint density at radius 3 is 2.47 bits per heavy atom. The van der Waals surface area contributed by atoms with E-state index in [0.717, 1.165) is 38.8 Å². The zero-order valence-electron chi connectivity index (χ0n) is 9.45. The average Bonchev–Trinajstić information content (AvgIpc) is 2.29. The van der Waals surface area contributed by atoms with Crippen molar-refractivity contribution in [1.29, 1.82) is 0 Å². The van der Waals surface area contributed by atoms with Crippen LogP contribution in [0.1, 0.15) is 44.9 Å². The molecule has 2 atom stereocenters. The maximum absolute atomic E-state index is 12.2. The number of hydrogen-bond acceptors (Lipinski definition) is 2. The van der Waals surface area contributed by atoms with E-state index in [1.807, 2.05) is 0 Å². The van der Waals surface area contributed by atoms with Crippen LogP contribution in [0.25, 0.3) is 0 Å². The molecule has 2 unspecified atom stereocenters. The minimum Gasteiger partial charge on any atom is -0.342 e. The van der Waals surface area contributed by atoms with Crippen LogP contribution in [0.3, 0.4) is 0 Å². The van der Waals surface area contributed by atoms with Crippen LogP contribution in [0.5, 0.6) is 0 Å². The monoisotopic (exact) mass is 210 g/mol. The lowest BCUT2D eigenvalue weighted by Gasteiger charge is -2.33. The molecule has 1 saturated heterocycles. The molecule has 3 heteroatoms. The Kier molecular flexibility index (Phi) is 3.62. The molecule has 1 saturated carbocycles.